The first-order valence-corrected chi connectivity index (χ1v) is 21.2. The minimum atomic E-state index is -1.21. The summed E-state index contributed by atoms with van der Waals surface area (Å²) in [6, 6.07) is 28.9. The fourth-order valence-corrected chi connectivity index (χ4v) is 9.43. The van der Waals surface area contributed by atoms with Crippen molar-refractivity contribution in [3.8, 4) is 23.0 Å². The van der Waals surface area contributed by atoms with Crippen molar-refractivity contribution < 1.29 is 34.0 Å². The number of fused-ring (bicyclic) bond motifs is 12. The van der Waals surface area contributed by atoms with Gasteiger partial charge in [0.2, 0.25) is 19.5 Å². The van der Waals surface area contributed by atoms with Crippen LogP contribution in [0.5, 0.6) is 23.0 Å². The van der Waals surface area contributed by atoms with E-state index in [-0.39, 0.29) is 12.7 Å². The number of carbonyl (C=O) groups is 1. The molecule has 314 valence electrons. The molecular weight excluding hydrogens is 785 g/mol. The van der Waals surface area contributed by atoms with Gasteiger partial charge >= 0.3 is 0 Å². The molecule has 5 N–H and O–H groups in total. The van der Waals surface area contributed by atoms with E-state index in [1.165, 1.54) is 33.1 Å². The average Bonchev–Trinajstić information content (AvgIpc) is 4.14. The Labute approximate surface area is 356 Å². The molecule has 4 aromatic heterocycles. The number of carbonyl (C=O) groups excluding carboxylic acids is 1. The highest BCUT2D eigenvalue weighted by Gasteiger charge is 2.38. The van der Waals surface area contributed by atoms with Crippen molar-refractivity contribution in [1.29, 1.82) is 0 Å². The summed E-state index contributed by atoms with van der Waals surface area (Å²) >= 11 is 0. The van der Waals surface area contributed by atoms with Gasteiger partial charge < -0.3 is 49.3 Å². The van der Waals surface area contributed by atoms with Crippen molar-refractivity contribution in [1.82, 2.24) is 30.2 Å². The Balaban J connectivity index is 0.000000144. The second kappa shape index (κ2) is 15.4. The number of rotatable bonds is 7. The Morgan fingerprint density at radius 2 is 1.23 bits per heavy atom. The quantitative estimate of drug-likeness (QED) is 0.118. The van der Waals surface area contributed by atoms with Crippen molar-refractivity contribution in [2.45, 2.75) is 45.7 Å². The normalized spacial score (nSPS) is 15.2. The SMILES string of the molecule is CC(CO)(CO)C(=O)N1CCc2c(nc(Cc3ccc4c(c3)OCO4)c3[nH]c4ccccc4c23)C1.c1ccc2c(c1)[nH]c1c(Cc3ccc4c(c3)OCO4)nc3c(c12)CCNC3. The van der Waals surface area contributed by atoms with Crippen LogP contribution < -0.4 is 24.3 Å². The number of aromatic amines is 2. The number of aliphatic hydroxyl groups is 2. The largest absolute Gasteiger partial charge is 0.454 e. The number of aromatic nitrogens is 4. The van der Waals surface area contributed by atoms with Gasteiger partial charge in [-0.2, -0.15) is 0 Å². The lowest BCUT2D eigenvalue weighted by Gasteiger charge is -2.35. The second-order valence-electron chi connectivity index (χ2n) is 16.8. The van der Waals surface area contributed by atoms with Gasteiger partial charge in [0.25, 0.3) is 0 Å². The summed E-state index contributed by atoms with van der Waals surface area (Å²) in [6.45, 7) is 3.99. The zero-order valence-corrected chi connectivity index (χ0v) is 34.3. The van der Waals surface area contributed by atoms with Crippen molar-refractivity contribution >= 4 is 49.5 Å². The molecule has 8 aromatic rings. The number of hydrogen-bond donors (Lipinski definition) is 5. The Bertz CT molecular complexity index is 3060. The predicted molar refractivity (Wildman–Crippen MR) is 235 cm³/mol. The van der Waals surface area contributed by atoms with Crippen molar-refractivity contribution in [3.63, 3.8) is 0 Å². The van der Waals surface area contributed by atoms with E-state index in [1.54, 1.807) is 11.8 Å². The van der Waals surface area contributed by atoms with Crippen LogP contribution in [0.3, 0.4) is 0 Å². The lowest BCUT2D eigenvalue weighted by atomic mass is 9.89. The summed E-state index contributed by atoms with van der Waals surface area (Å²) in [5.74, 6) is 2.86. The molecule has 13 heteroatoms. The number of pyridine rings is 2. The van der Waals surface area contributed by atoms with E-state index in [9.17, 15) is 15.0 Å². The highest BCUT2D eigenvalue weighted by molar-refractivity contribution is 6.11. The molecule has 4 aromatic carbocycles. The molecule has 4 aliphatic rings. The van der Waals surface area contributed by atoms with Crippen LogP contribution in [0.1, 0.15) is 52.0 Å². The van der Waals surface area contributed by atoms with Crippen molar-refractivity contribution in [2.24, 2.45) is 5.41 Å². The third-order valence-corrected chi connectivity index (χ3v) is 12.8. The Morgan fingerprint density at radius 1 is 0.694 bits per heavy atom. The standard InChI is InChI=1S/C27H27N3O5.C22H19N3O2/c1-27(13-31,14-32)26(33)30-9-8-18-21(12-30)28-20(10-16-6-7-22-23(11-16)35-15-34-22)25-24(18)17-4-2-3-5-19(17)29-25;1-2-4-16-14(3-1)21-15-7-8-23-11-18(15)24-17(22(21)25-16)9-13-5-6-19-20(10-13)27-12-26-19/h2-7,11,29,31-32H,8-10,12-15H2,1H3;1-6,10,23,25H,7-9,11-12H2. The molecule has 0 fully saturated rings. The maximum absolute atomic E-state index is 13.1. The lowest BCUT2D eigenvalue weighted by molar-refractivity contribution is -0.147. The summed E-state index contributed by atoms with van der Waals surface area (Å²) in [5.41, 5.74) is 12.0. The fraction of sp³-hybridized carbons (Fsp3) is 0.286. The van der Waals surface area contributed by atoms with E-state index < -0.39 is 18.6 Å². The van der Waals surface area contributed by atoms with Gasteiger partial charge in [0.15, 0.2) is 23.0 Å². The molecule has 0 atom stereocenters. The van der Waals surface area contributed by atoms with Crippen molar-refractivity contribution in [2.75, 3.05) is 39.9 Å². The van der Waals surface area contributed by atoms with Gasteiger partial charge in [0.1, 0.15) is 0 Å². The number of benzene rings is 4. The number of hydrogen-bond acceptors (Lipinski definition) is 10. The number of ether oxygens (including phenoxy) is 4. The zero-order valence-electron chi connectivity index (χ0n) is 34.3. The molecular formula is C49H46N6O7. The molecule has 0 spiro atoms. The molecule has 0 radical (unpaired) electrons. The van der Waals surface area contributed by atoms with Crippen LogP contribution in [-0.2, 0) is 43.6 Å². The van der Waals surface area contributed by atoms with Crippen LogP contribution in [0.2, 0.25) is 0 Å². The molecule has 12 rings (SSSR count). The van der Waals surface area contributed by atoms with Gasteiger partial charge in [-0.15, -0.1) is 0 Å². The molecule has 0 saturated carbocycles. The van der Waals surface area contributed by atoms with Gasteiger partial charge in [-0.05, 0) is 85.0 Å². The first-order valence-electron chi connectivity index (χ1n) is 21.2. The molecule has 0 aliphatic carbocycles. The highest BCUT2D eigenvalue weighted by atomic mass is 16.7. The van der Waals surface area contributed by atoms with E-state index in [0.717, 1.165) is 104 Å². The van der Waals surface area contributed by atoms with Crippen LogP contribution in [-0.4, -0.2) is 80.8 Å². The zero-order chi connectivity index (χ0) is 42.0. The Kier molecular flexibility index (Phi) is 9.47. The van der Waals surface area contributed by atoms with E-state index in [1.807, 2.05) is 36.4 Å². The summed E-state index contributed by atoms with van der Waals surface area (Å²) < 4.78 is 22.0. The summed E-state index contributed by atoms with van der Waals surface area (Å²) in [6.07, 6.45) is 3.02. The maximum Gasteiger partial charge on any atom is 0.233 e. The van der Waals surface area contributed by atoms with Gasteiger partial charge in [-0.3, -0.25) is 14.8 Å². The Hall–Kier alpha value is -6.67. The van der Waals surface area contributed by atoms with E-state index >= 15 is 0 Å². The fourth-order valence-electron chi connectivity index (χ4n) is 9.43. The van der Waals surface area contributed by atoms with E-state index in [0.29, 0.717) is 32.7 Å². The predicted octanol–water partition coefficient (Wildman–Crippen LogP) is 6.59. The lowest BCUT2D eigenvalue weighted by Crippen LogP contribution is -2.48. The van der Waals surface area contributed by atoms with E-state index in [4.69, 9.17) is 28.9 Å². The number of nitrogens with zero attached hydrogens (tertiary/aromatic N) is 3. The van der Waals surface area contributed by atoms with Crippen LogP contribution in [0, 0.1) is 5.41 Å². The van der Waals surface area contributed by atoms with Gasteiger partial charge in [0, 0.05) is 58.5 Å². The molecule has 4 aliphatic heterocycles. The van der Waals surface area contributed by atoms with Gasteiger partial charge in [0.05, 0.1) is 59.0 Å². The van der Waals surface area contributed by atoms with Crippen LogP contribution >= 0.6 is 0 Å². The number of H-pyrrole nitrogens is 2. The minimum absolute atomic E-state index is 0.229. The number of aliphatic hydroxyl groups excluding tert-OH is 2. The summed E-state index contributed by atoms with van der Waals surface area (Å²) in [4.78, 5) is 32.2. The highest BCUT2D eigenvalue weighted by Crippen LogP contribution is 2.39. The van der Waals surface area contributed by atoms with Crippen LogP contribution in [0.15, 0.2) is 84.9 Å². The van der Waals surface area contributed by atoms with E-state index in [2.05, 4.69) is 63.8 Å². The molecule has 0 bridgehead atoms. The maximum atomic E-state index is 13.1. The summed E-state index contributed by atoms with van der Waals surface area (Å²) in [5, 5.41) is 27.9. The molecule has 1 amide bonds. The number of amides is 1. The summed E-state index contributed by atoms with van der Waals surface area (Å²) in [7, 11) is 0. The third-order valence-electron chi connectivity index (χ3n) is 12.8. The number of para-hydroxylation sites is 2. The average molecular weight is 831 g/mol. The topological polar surface area (TPSA) is 167 Å². The monoisotopic (exact) mass is 830 g/mol. The number of nitrogens with one attached hydrogen (secondary N) is 3. The minimum Gasteiger partial charge on any atom is -0.454 e. The first kappa shape index (κ1) is 38.3. The molecule has 13 nitrogen and oxygen atoms in total. The third kappa shape index (κ3) is 6.55. The second-order valence-corrected chi connectivity index (χ2v) is 16.8. The van der Waals surface area contributed by atoms with Crippen LogP contribution in [0.4, 0.5) is 0 Å². The smallest absolute Gasteiger partial charge is 0.233 e. The molecule has 8 heterocycles. The van der Waals surface area contributed by atoms with Crippen molar-refractivity contribution in [3.05, 3.63) is 130 Å². The molecule has 0 saturated heterocycles. The first-order chi connectivity index (χ1) is 30.4. The Morgan fingerprint density at radius 3 is 1.81 bits per heavy atom. The van der Waals surface area contributed by atoms with Gasteiger partial charge in [-0.25, -0.2) is 0 Å². The molecule has 0 unspecified atom stereocenters. The molecule has 62 heavy (non-hydrogen) atoms. The van der Waals surface area contributed by atoms with Gasteiger partial charge in [-0.1, -0.05) is 48.5 Å². The van der Waals surface area contributed by atoms with Crippen LogP contribution in [0.25, 0.3) is 43.6 Å².